The van der Waals surface area contributed by atoms with Crippen LogP contribution in [0.4, 0.5) is 14.6 Å². The topological polar surface area (TPSA) is 125 Å². The van der Waals surface area contributed by atoms with Gasteiger partial charge in [-0.2, -0.15) is 5.10 Å². The Bertz CT molecular complexity index is 2370. The highest BCUT2D eigenvalue weighted by molar-refractivity contribution is 9.10. The first kappa shape index (κ1) is 33.5. The molecule has 10 nitrogen and oxygen atoms in total. The fourth-order valence-corrected chi connectivity index (χ4v) is 7.29. The first-order valence-corrected chi connectivity index (χ1v) is 17.5. The quantitative estimate of drug-likeness (QED) is 0.187. The van der Waals surface area contributed by atoms with E-state index in [1.165, 1.54) is 34.6 Å². The molecule has 2 N–H and O–H groups in total. The fraction of sp³-hybridized carbons (Fsp3) is 0.182. The van der Waals surface area contributed by atoms with Crippen LogP contribution in [0.25, 0.3) is 27.5 Å². The van der Waals surface area contributed by atoms with Crippen LogP contribution < -0.4 is 20.3 Å². The van der Waals surface area contributed by atoms with E-state index in [2.05, 4.69) is 21.0 Å². The van der Waals surface area contributed by atoms with E-state index in [0.717, 1.165) is 16.6 Å². The molecule has 48 heavy (non-hydrogen) atoms. The molecule has 0 bridgehead atoms. The number of sulfonamides is 1. The SMILES string of the molecule is COc1ccc(CN(c2nn(C)c3c(-n4c(C(N)Cc5cc(F)cc(F)c5)nc5cccc(Br)c5c4=O)ccc(Cl)c23)S(C)(=O)=O)cc1. The van der Waals surface area contributed by atoms with Gasteiger partial charge in [-0.3, -0.25) is 14.0 Å². The minimum absolute atomic E-state index is 0.0433. The normalized spacial score (nSPS) is 12.5. The van der Waals surface area contributed by atoms with Crippen LogP contribution >= 0.6 is 27.5 Å². The zero-order valence-corrected chi connectivity index (χ0v) is 28.9. The molecule has 15 heteroatoms. The molecular formula is C33H28BrClF2N6O4S. The Morgan fingerprint density at radius 2 is 1.71 bits per heavy atom. The fourth-order valence-electron chi connectivity index (χ4n) is 5.70. The van der Waals surface area contributed by atoms with Gasteiger partial charge in [-0.05, 0) is 82.0 Å². The van der Waals surface area contributed by atoms with Gasteiger partial charge in [0, 0.05) is 17.6 Å². The monoisotopic (exact) mass is 756 g/mol. The van der Waals surface area contributed by atoms with Crippen molar-refractivity contribution in [2.45, 2.75) is 19.0 Å². The largest absolute Gasteiger partial charge is 0.497 e. The second-order valence-electron chi connectivity index (χ2n) is 11.2. The lowest BCUT2D eigenvalue weighted by Crippen LogP contribution is -2.30. The summed E-state index contributed by atoms with van der Waals surface area (Å²) in [5, 5.41) is 5.31. The maximum Gasteiger partial charge on any atom is 0.267 e. The van der Waals surface area contributed by atoms with Crippen molar-refractivity contribution in [1.82, 2.24) is 19.3 Å². The summed E-state index contributed by atoms with van der Waals surface area (Å²) in [5.41, 5.74) is 8.03. The maximum atomic E-state index is 14.4. The third-order valence-corrected chi connectivity index (χ3v) is 9.92. The predicted octanol–water partition coefficient (Wildman–Crippen LogP) is 6.18. The van der Waals surface area contributed by atoms with Crippen LogP contribution in [0.2, 0.25) is 5.02 Å². The van der Waals surface area contributed by atoms with E-state index in [0.29, 0.717) is 26.8 Å². The molecule has 0 saturated carbocycles. The van der Waals surface area contributed by atoms with Crippen molar-refractivity contribution in [1.29, 1.82) is 0 Å². The molecule has 0 aliphatic rings. The number of aromatic nitrogens is 4. The molecule has 0 spiro atoms. The summed E-state index contributed by atoms with van der Waals surface area (Å²) in [4.78, 5) is 19.2. The first-order chi connectivity index (χ1) is 22.8. The highest BCUT2D eigenvalue weighted by Gasteiger charge is 2.29. The molecule has 0 aliphatic heterocycles. The van der Waals surface area contributed by atoms with Crippen molar-refractivity contribution >= 4 is 65.2 Å². The number of hydrogen-bond acceptors (Lipinski definition) is 7. The van der Waals surface area contributed by atoms with Crippen molar-refractivity contribution in [3.63, 3.8) is 0 Å². The predicted molar refractivity (Wildman–Crippen MR) is 185 cm³/mol. The molecule has 248 valence electrons. The Morgan fingerprint density at radius 3 is 2.35 bits per heavy atom. The number of benzene rings is 4. The molecule has 1 unspecified atom stereocenters. The number of methoxy groups -OCH3 is 1. The summed E-state index contributed by atoms with van der Waals surface area (Å²) >= 11 is 10.2. The van der Waals surface area contributed by atoms with Crippen molar-refractivity contribution in [3.8, 4) is 11.4 Å². The minimum Gasteiger partial charge on any atom is -0.497 e. The van der Waals surface area contributed by atoms with E-state index in [-0.39, 0.29) is 51.7 Å². The number of hydrogen-bond donors (Lipinski definition) is 1. The molecule has 0 fully saturated rings. The van der Waals surface area contributed by atoms with Crippen LogP contribution in [0.5, 0.6) is 5.75 Å². The number of anilines is 1. The van der Waals surface area contributed by atoms with E-state index in [1.54, 1.807) is 55.6 Å². The Hall–Kier alpha value is -4.37. The van der Waals surface area contributed by atoms with E-state index in [9.17, 15) is 22.0 Å². The van der Waals surface area contributed by atoms with Crippen LogP contribution in [0.15, 0.2) is 82.1 Å². The first-order valence-electron chi connectivity index (χ1n) is 14.4. The Labute approximate surface area is 287 Å². The number of fused-ring (bicyclic) bond motifs is 2. The van der Waals surface area contributed by atoms with Gasteiger partial charge in [-0.25, -0.2) is 26.5 Å². The Balaban J connectivity index is 1.59. The lowest BCUT2D eigenvalue weighted by molar-refractivity contribution is 0.414. The summed E-state index contributed by atoms with van der Waals surface area (Å²) in [6, 6.07) is 17.2. The van der Waals surface area contributed by atoms with Crippen LogP contribution in [-0.4, -0.2) is 41.1 Å². The molecule has 0 saturated heterocycles. The van der Waals surface area contributed by atoms with Gasteiger partial charge >= 0.3 is 0 Å². The van der Waals surface area contributed by atoms with Crippen molar-refractivity contribution in [2.24, 2.45) is 12.8 Å². The van der Waals surface area contributed by atoms with Gasteiger partial charge in [0.1, 0.15) is 23.2 Å². The number of ether oxygens (including phenoxy) is 1. The standard InChI is InChI=1S/C33H28BrClF2N6O4S/c1-41-30-27(12-11-24(35)29(30)32(40-41)42(48(3,45)46)17-18-7-9-22(47-2)10-8-18)43-31(25(38)15-19-13-20(36)16-21(37)14-19)39-26-6-4-5-23(34)28(26)33(43)44/h4-14,16,25H,15,17,38H2,1-3H3. The third-order valence-electron chi connectivity index (χ3n) is 7.84. The number of nitrogens with two attached hydrogens (primary N) is 1. The third kappa shape index (κ3) is 6.28. The lowest BCUT2D eigenvalue weighted by atomic mass is 10.0. The highest BCUT2D eigenvalue weighted by Crippen LogP contribution is 2.38. The second kappa shape index (κ2) is 12.9. The van der Waals surface area contributed by atoms with Gasteiger partial charge in [-0.15, -0.1) is 0 Å². The van der Waals surface area contributed by atoms with Crippen LogP contribution in [0.3, 0.4) is 0 Å². The van der Waals surface area contributed by atoms with Gasteiger partial charge in [-0.1, -0.05) is 29.8 Å². The van der Waals surface area contributed by atoms with Crippen molar-refractivity contribution < 1.29 is 21.9 Å². The van der Waals surface area contributed by atoms with Gasteiger partial charge < -0.3 is 10.5 Å². The minimum atomic E-state index is -3.91. The molecule has 6 aromatic rings. The molecule has 1 atom stereocenters. The average molecular weight is 758 g/mol. The molecule has 4 aromatic carbocycles. The zero-order valence-electron chi connectivity index (χ0n) is 25.8. The second-order valence-corrected chi connectivity index (χ2v) is 14.4. The summed E-state index contributed by atoms with van der Waals surface area (Å²) in [5.74, 6) is -0.784. The molecule has 2 heterocycles. The smallest absolute Gasteiger partial charge is 0.267 e. The summed E-state index contributed by atoms with van der Waals surface area (Å²) in [7, 11) is -0.776. The van der Waals surface area contributed by atoms with E-state index in [1.807, 2.05) is 0 Å². The number of halogens is 4. The zero-order chi connectivity index (χ0) is 34.5. The van der Waals surface area contributed by atoms with E-state index in [4.69, 9.17) is 27.1 Å². The summed E-state index contributed by atoms with van der Waals surface area (Å²) < 4.78 is 64.3. The molecule has 0 radical (unpaired) electrons. The molecule has 0 amide bonds. The number of nitrogens with zero attached hydrogens (tertiary/aromatic N) is 5. The molecule has 2 aromatic heterocycles. The van der Waals surface area contributed by atoms with Gasteiger partial charge in [0.05, 0.1) is 58.5 Å². The molecule has 6 rings (SSSR count). The van der Waals surface area contributed by atoms with E-state index < -0.39 is 33.3 Å². The average Bonchev–Trinajstić information content (AvgIpc) is 3.36. The van der Waals surface area contributed by atoms with Crippen molar-refractivity contribution in [2.75, 3.05) is 17.7 Å². The van der Waals surface area contributed by atoms with Gasteiger partial charge in [0.25, 0.3) is 5.56 Å². The van der Waals surface area contributed by atoms with Crippen LogP contribution in [0, 0.1) is 11.6 Å². The van der Waals surface area contributed by atoms with Crippen LogP contribution in [0.1, 0.15) is 23.0 Å². The van der Waals surface area contributed by atoms with Gasteiger partial charge in [0.15, 0.2) is 5.82 Å². The Morgan fingerprint density at radius 1 is 1.02 bits per heavy atom. The Kier molecular flexibility index (Phi) is 9.02. The van der Waals surface area contributed by atoms with Crippen molar-refractivity contribution in [3.05, 3.63) is 121 Å². The van der Waals surface area contributed by atoms with E-state index >= 15 is 0 Å². The number of rotatable bonds is 9. The van der Waals surface area contributed by atoms with Gasteiger partial charge in [0.2, 0.25) is 10.0 Å². The maximum absolute atomic E-state index is 14.4. The number of aryl methyl sites for hydroxylation is 1. The lowest BCUT2D eigenvalue weighted by Gasteiger charge is -2.21. The summed E-state index contributed by atoms with van der Waals surface area (Å²) in [6.45, 7) is -0.0692. The summed E-state index contributed by atoms with van der Waals surface area (Å²) in [6.07, 6.45) is 1.01. The van der Waals surface area contributed by atoms with Crippen LogP contribution in [-0.2, 0) is 30.0 Å². The highest BCUT2D eigenvalue weighted by atomic mass is 79.9. The molecule has 0 aliphatic carbocycles. The molecular weight excluding hydrogens is 730 g/mol.